The molecule has 3 rings (SSSR count). The molecule has 0 spiro atoms. The van der Waals surface area contributed by atoms with Crippen LogP contribution in [0.5, 0.6) is 0 Å². The number of nitrogens with one attached hydrogen (secondary N) is 1. The lowest BCUT2D eigenvalue weighted by Gasteiger charge is -2.35. The van der Waals surface area contributed by atoms with Crippen molar-refractivity contribution >= 4 is 11.7 Å². The van der Waals surface area contributed by atoms with Crippen molar-refractivity contribution in [1.82, 2.24) is 15.2 Å². The van der Waals surface area contributed by atoms with Gasteiger partial charge in [0.15, 0.2) is 0 Å². The Morgan fingerprint density at radius 2 is 2.00 bits per heavy atom. The molecule has 2 aromatic rings. The Bertz CT molecular complexity index is 793. The van der Waals surface area contributed by atoms with Crippen molar-refractivity contribution in [2.75, 3.05) is 31.6 Å². The summed E-state index contributed by atoms with van der Waals surface area (Å²) in [4.78, 5) is 21.3. The summed E-state index contributed by atoms with van der Waals surface area (Å²) in [6.45, 7) is 8.01. The van der Waals surface area contributed by atoms with Gasteiger partial charge in [-0.3, -0.25) is 9.69 Å². The van der Waals surface area contributed by atoms with Gasteiger partial charge in [0, 0.05) is 51.0 Å². The second kappa shape index (κ2) is 9.15. The van der Waals surface area contributed by atoms with E-state index in [1.807, 2.05) is 18.2 Å². The molecule has 1 unspecified atom stereocenters. The maximum absolute atomic E-state index is 13.2. The van der Waals surface area contributed by atoms with Crippen LogP contribution < -0.4 is 10.2 Å². The first kappa shape index (κ1) is 20.3. The van der Waals surface area contributed by atoms with Crippen LogP contribution in [0.25, 0.3) is 0 Å². The zero-order valence-electron chi connectivity index (χ0n) is 16.9. The standard InChI is InChI=1S/C22H29FN4O/c1-16(2)20-15-27(21-13-18(9-10-25-21)22(28)24-3)12-4-11-26(20)14-17-5-7-19(23)8-6-17/h5-10,13,16,20H,4,11-12,14-15H2,1-3H3,(H,24,28). The van der Waals surface area contributed by atoms with Crippen molar-refractivity contribution in [1.29, 1.82) is 0 Å². The normalized spacial score (nSPS) is 18.2. The van der Waals surface area contributed by atoms with Crippen LogP contribution in [0.15, 0.2) is 42.6 Å². The zero-order valence-corrected chi connectivity index (χ0v) is 16.9. The van der Waals surface area contributed by atoms with E-state index in [2.05, 4.69) is 33.9 Å². The fourth-order valence-corrected chi connectivity index (χ4v) is 3.80. The predicted octanol–water partition coefficient (Wildman–Crippen LogP) is 3.32. The number of carbonyl (C=O) groups is 1. The summed E-state index contributed by atoms with van der Waals surface area (Å²) >= 11 is 0. The van der Waals surface area contributed by atoms with Gasteiger partial charge in [-0.15, -0.1) is 0 Å². The molecule has 150 valence electrons. The molecular weight excluding hydrogens is 355 g/mol. The molecule has 0 radical (unpaired) electrons. The van der Waals surface area contributed by atoms with Crippen LogP contribution in [0.1, 0.15) is 36.2 Å². The van der Waals surface area contributed by atoms with Crippen molar-refractivity contribution in [2.45, 2.75) is 32.9 Å². The number of halogens is 1. The first-order valence-corrected chi connectivity index (χ1v) is 9.89. The summed E-state index contributed by atoms with van der Waals surface area (Å²) in [6, 6.07) is 10.7. The third-order valence-electron chi connectivity index (χ3n) is 5.38. The second-order valence-electron chi connectivity index (χ2n) is 7.69. The Hall–Kier alpha value is -2.47. The summed E-state index contributed by atoms with van der Waals surface area (Å²) in [7, 11) is 1.64. The fourth-order valence-electron chi connectivity index (χ4n) is 3.80. The van der Waals surface area contributed by atoms with E-state index in [9.17, 15) is 9.18 Å². The molecule has 5 nitrogen and oxygen atoms in total. The fraction of sp³-hybridized carbons (Fsp3) is 0.455. The first-order chi connectivity index (χ1) is 13.5. The summed E-state index contributed by atoms with van der Waals surface area (Å²) in [5.74, 6) is 1.00. The Morgan fingerprint density at radius 3 is 2.68 bits per heavy atom. The minimum absolute atomic E-state index is 0.100. The number of nitrogens with zero attached hydrogens (tertiary/aromatic N) is 3. The van der Waals surface area contributed by atoms with Gasteiger partial charge in [-0.05, 0) is 42.2 Å². The van der Waals surface area contributed by atoms with Gasteiger partial charge >= 0.3 is 0 Å². The first-order valence-electron chi connectivity index (χ1n) is 9.89. The molecule has 1 aliphatic heterocycles. The highest BCUT2D eigenvalue weighted by Gasteiger charge is 2.28. The Labute approximate surface area is 166 Å². The summed E-state index contributed by atoms with van der Waals surface area (Å²) in [5, 5.41) is 2.67. The lowest BCUT2D eigenvalue weighted by molar-refractivity contribution is 0.0963. The maximum atomic E-state index is 13.2. The second-order valence-corrected chi connectivity index (χ2v) is 7.69. The van der Waals surface area contributed by atoms with Crippen LogP contribution in [0.3, 0.4) is 0 Å². The maximum Gasteiger partial charge on any atom is 0.251 e. The van der Waals surface area contributed by atoms with E-state index in [1.165, 1.54) is 12.1 Å². The van der Waals surface area contributed by atoms with E-state index in [0.717, 1.165) is 44.0 Å². The Kier molecular flexibility index (Phi) is 6.62. The van der Waals surface area contributed by atoms with E-state index in [0.29, 0.717) is 17.5 Å². The van der Waals surface area contributed by atoms with Gasteiger partial charge in [-0.25, -0.2) is 9.37 Å². The lowest BCUT2D eigenvalue weighted by atomic mass is 10.0. The Morgan fingerprint density at radius 1 is 1.25 bits per heavy atom. The van der Waals surface area contributed by atoms with E-state index in [-0.39, 0.29) is 11.7 Å². The van der Waals surface area contributed by atoms with E-state index >= 15 is 0 Å². The van der Waals surface area contributed by atoms with Crippen LogP contribution >= 0.6 is 0 Å². The summed E-state index contributed by atoms with van der Waals surface area (Å²) in [6.07, 6.45) is 2.71. The van der Waals surface area contributed by atoms with Crippen molar-refractivity contribution < 1.29 is 9.18 Å². The molecule has 1 N–H and O–H groups in total. The highest BCUT2D eigenvalue weighted by Crippen LogP contribution is 2.23. The van der Waals surface area contributed by atoms with Crippen LogP contribution in [0.4, 0.5) is 10.2 Å². The molecule has 1 saturated heterocycles. The van der Waals surface area contributed by atoms with Crippen LogP contribution in [-0.2, 0) is 6.54 Å². The number of benzene rings is 1. The van der Waals surface area contributed by atoms with Gasteiger partial charge in [0.1, 0.15) is 11.6 Å². The number of pyridine rings is 1. The largest absolute Gasteiger partial charge is 0.355 e. The molecule has 1 aromatic carbocycles. The number of hydrogen-bond donors (Lipinski definition) is 1. The highest BCUT2D eigenvalue weighted by atomic mass is 19.1. The van der Waals surface area contributed by atoms with Crippen molar-refractivity contribution in [2.24, 2.45) is 5.92 Å². The Balaban J connectivity index is 1.79. The summed E-state index contributed by atoms with van der Waals surface area (Å²) < 4.78 is 13.2. The van der Waals surface area contributed by atoms with Gasteiger partial charge in [-0.1, -0.05) is 26.0 Å². The number of anilines is 1. The summed E-state index contributed by atoms with van der Waals surface area (Å²) in [5.41, 5.74) is 1.75. The zero-order chi connectivity index (χ0) is 20.1. The van der Waals surface area contributed by atoms with E-state index in [4.69, 9.17) is 0 Å². The van der Waals surface area contributed by atoms with E-state index < -0.39 is 0 Å². The molecule has 6 heteroatoms. The molecular formula is C22H29FN4O. The van der Waals surface area contributed by atoms with Crippen LogP contribution in [0, 0.1) is 11.7 Å². The molecule has 1 aromatic heterocycles. The molecule has 1 atom stereocenters. The molecule has 1 amide bonds. The molecule has 0 saturated carbocycles. The van der Waals surface area contributed by atoms with Crippen molar-refractivity contribution in [3.63, 3.8) is 0 Å². The van der Waals surface area contributed by atoms with Gasteiger partial charge in [0.25, 0.3) is 5.91 Å². The third kappa shape index (κ3) is 4.87. The average molecular weight is 384 g/mol. The molecule has 1 aliphatic rings. The number of aromatic nitrogens is 1. The topological polar surface area (TPSA) is 48.5 Å². The molecule has 0 bridgehead atoms. The minimum atomic E-state index is -0.201. The lowest BCUT2D eigenvalue weighted by Crippen LogP contribution is -2.44. The van der Waals surface area contributed by atoms with Crippen LogP contribution in [0.2, 0.25) is 0 Å². The molecule has 1 fully saturated rings. The van der Waals surface area contributed by atoms with Gasteiger partial charge in [0.2, 0.25) is 0 Å². The average Bonchev–Trinajstić information content (AvgIpc) is 2.92. The highest BCUT2D eigenvalue weighted by molar-refractivity contribution is 5.94. The van der Waals surface area contributed by atoms with Crippen LogP contribution in [-0.4, -0.2) is 48.5 Å². The number of amides is 1. The van der Waals surface area contributed by atoms with Gasteiger partial charge in [0.05, 0.1) is 0 Å². The molecule has 0 aliphatic carbocycles. The quantitative estimate of drug-likeness (QED) is 0.859. The molecule has 2 heterocycles. The monoisotopic (exact) mass is 384 g/mol. The number of rotatable bonds is 5. The van der Waals surface area contributed by atoms with E-state index in [1.54, 1.807) is 19.3 Å². The minimum Gasteiger partial charge on any atom is -0.355 e. The predicted molar refractivity (Wildman–Crippen MR) is 110 cm³/mol. The van der Waals surface area contributed by atoms with Gasteiger partial charge < -0.3 is 10.2 Å². The number of carbonyl (C=O) groups excluding carboxylic acids is 1. The third-order valence-corrected chi connectivity index (χ3v) is 5.38. The van der Waals surface area contributed by atoms with Gasteiger partial charge in [-0.2, -0.15) is 0 Å². The SMILES string of the molecule is CNC(=O)c1ccnc(N2CCCN(Cc3ccc(F)cc3)C(C(C)C)C2)c1. The number of hydrogen-bond acceptors (Lipinski definition) is 4. The smallest absolute Gasteiger partial charge is 0.251 e. The van der Waals surface area contributed by atoms with Crippen molar-refractivity contribution in [3.05, 3.63) is 59.5 Å². The van der Waals surface area contributed by atoms with Crippen molar-refractivity contribution in [3.8, 4) is 0 Å². The molecule has 28 heavy (non-hydrogen) atoms.